The first-order valence-corrected chi connectivity index (χ1v) is 10.5. The Morgan fingerprint density at radius 2 is 1.89 bits per heavy atom. The van der Waals surface area contributed by atoms with Crippen molar-refractivity contribution in [2.45, 2.75) is 19.3 Å². The minimum Gasteiger partial charge on any atom is -0.494 e. The van der Waals surface area contributed by atoms with Gasteiger partial charge in [0.05, 0.1) is 16.8 Å². The van der Waals surface area contributed by atoms with Crippen LogP contribution in [0.2, 0.25) is 0 Å². The molecule has 3 aromatic rings. The highest BCUT2D eigenvalue weighted by molar-refractivity contribution is 7.20. The minimum absolute atomic E-state index is 0.0762. The van der Waals surface area contributed by atoms with Crippen molar-refractivity contribution in [2.24, 2.45) is 5.92 Å². The van der Waals surface area contributed by atoms with Gasteiger partial charge in [-0.3, -0.25) is 4.79 Å². The number of fused-ring (bicyclic) bond motifs is 1. The summed E-state index contributed by atoms with van der Waals surface area (Å²) in [5, 5.41) is 0.646. The number of thiazole rings is 1. The molecule has 0 atom stereocenters. The molecule has 2 heterocycles. The van der Waals surface area contributed by atoms with Gasteiger partial charge in [0.2, 0.25) is 0 Å². The maximum absolute atomic E-state index is 12.9. The lowest BCUT2D eigenvalue weighted by Gasteiger charge is -2.30. The number of aromatic nitrogens is 1. The summed E-state index contributed by atoms with van der Waals surface area (Å²) in [7, 11) is 0. The molecule has 0 spiro atoms. The molecule has 1 aliphatic heterocycles. The van der Waals surface area contributed by atoms with Crippen molar-refractivity contribution >= 4 is 27.3 Å². The minimum atomic E-state index is -0.254. The molecule has 0 unspecified atom stereocenters. The summed E-state index contributed by atoms with van der Waals surface area (Å²) < 4.78 is 19.6. The van der Waals surface area contributed by atoms with E-state index in [9.17, 15) is 9.18 Å². The molecule has 1 aromatic heterocycles. The van der Waals surface area contributed by atoms with Gasteiger partial charge in [0.1, 0.15) is 11.6 Å². The largest absolute Gasteiger partial charge is 0.494 e. The van der Waals surface area contributed by atoms with Gasteiger partial charge in [-0.05, 0) is 68.8 Å². The van der Waals surface area contributed by atoms with Crippen LogP contribution in [0.15, 0.2) is 48.5 Å². The first-order chi connectivity index (χ1) is 13.7. The fourth-order valence-electron chi connectivity index (χ4n) is 3.58. The molecule has 1 aliphatic rings. The maximum atomic E-state index is 12.9. The van der Waals surface area contributed by atoms with Crippen LogP contribution >= 0.6 is 11.3 Å². The predicted octanol–water partition coefficient (Wildman–Crippen LogP) is 4.80. The van der Waals surface area contributed by atoms with E-state index in [0.29, 0.717) is 17.4 Å². The Balaban J connectivity index is 1.21. The van der Waals surface area contributed by atoms with Gasteiger partial charge in [-0.15, -0.1) is 11.3 Å². The quantitative estimate of drug-likeness (QED) is 0.424. The van der Waals surface area contributed by atoms with E-state index in [1.165, 1.54) is 23.5 Å². The van der Waals surface area contributed by atoms with Gasteiger partial charge in [0.25, 0.3) is 0 Å². The van der Waals surface area contributed by atoms with Crippen molar-refractivity contribution in [3.05, 3.63) is 59.4 Å². The Bertz CT molecular complexity index is 900. The summed E-state index contributed by atoms with van der Waals surface area (Å²) in [5.74, 6) is 0.713. The van der Waals surface area contributed by atoms with Gasteiger partial charge in [0.15, 0.2) is 10.8 Å². The molecule has 0 amide bonds. The number of ketones is 1. The van der Waals surface area contributed by atoms with Gasteiger partial charge in [-0.2, -0.15) is 0 Å². The van der Waals surface area contributed by atoms with E-state index < -0.39 is 0 Å². The monoisotopic (exact) mass is 398 g/mol. The number of nitrogens with zero attached hydrogens (tertiary/aromatic N) is 2. The number of halogens is 1. The highest BCUT2D eigenvalue weighted by Crippen LogP contribution is 2.27. The normalized spacial score (nSPS) is 15.8. The zero-order valence-corrected chi connectivity index (χ0v) is 16.5. The molecule has 1 saturated heterocycles. The van der Waals surface area contributed by atoms with Gasteiger partial charge in [-0.1, -0.05) is 12.1 Å². The molecular weight excluding hydrogens is 375 g/mol. The summed E-state index contributed by atoms with van der Waals surface area (Å²) in [4.78, 5) is 19.7. The Morgan fingerprint density at radius 1 is 1.14 bits per heavy atom. The second-order valence-corrected chi connectivity index (χ2v) is 8.15. The first kappa shape index (κ1) is 19.0. The molecule has 146 valence electrons. The summed E-state index contributed by atoms with van der Waals surface area (Å²) in [6, 6.07) is 14.0. The van der Waals surface area contributed by atoms with Crippen LogP contribution in [0.3, 0.4) is 0 Å². The zero-order valence-electron chi connectivity index (χ0n) is 15.6. The second kappa shape index (κ2) is 8.80. The third kappa shape index (κ3) is 4.56. The number of rotatable bonds is 7. The van der Waals surface area contributed by atoms with Crippen LogP contribution in [0.25, 0.3) is 10.2 Å². The summed E-state index contributed by atoms with van der Waals surface area (Å²) in [6.07, 6.45) is 2.68. The average Bonchev–Trinajstić information content (AvgIpc) is 3.17. The highest BCUT2D eigenvalue weighted by Gasteiger charge is 2.27. The zero-order chi connectivity index (χ0) is 19.3. The van der Waals surface area contributed by atoms with Crippen LogP contribution in [0.4, 0.5) is 4.39 Å². The van der Waals surface area contributed by atoms with E-state index in [0.717, 1.165) is 49.1 Å². The van der Waals surface area contributed by atoms with E-state index in [2.05, 4.69) is 9.88 Å². The fourth-order valence-corrected chi connectivity index (χ4v) is 4.56. The number of likely N-dealkylation sites (tertiary alicyclic amines) is 1. The highest BCUT2D eigenvalue weighted by atomic mass is 32.1. The van der Waals surface area contributed by atoms with Gasteiger partial charge in [0, 0.05) is 12.5 Å². The first-order valence-electron chi connectivity index (χ1n) is 9.69. The van der Waals surface area contributed by atoms with Crippen molar-refractivity contribution in [3.8, 4) is 5.75 Å². The molecule has 4 rings (SSSR count). The molecule has 0 N–H and O–H groups in total. The van der Waals surface area contributed by atoms with Crippen molar-refractivity contribution in [2.75, 3.05) is 26.2 Å². The third-order valence-electron chi connectivity index (χ3n) is 5.16. The number of piperidine rings is 1. The molecule has 0 bridgehead atoms. The van der Waals surface area contributed by atoms with Crippen LogP contribution in [0.1, 0.15) is 29.1 Å². The lowest BCUT2D eigenvalue weighted by Crippen LogP contribution is -2.37. The average molecular weight is 399 g/mol. The molecule has 4 nitrogen and oxygen atoms in total. The van der Waals surface area contributed by atoms with Crippen LogP contribution in [0.5, 0.6) is 5.75 Å². The summed E-state index contributed by atoms with van der Waals surface area (Å²) >= 11 is 1.50. The van der Waals surface area contributed by atoms with E-state index >= 15 is 0 Å². The lowest BCUT2D eigenvalue weighted by atomic mass is 9.92. The second-order valence-electron chi connectivity index (χ2n) is 7.12. The van der Waals surface area contributed by atoms with Gasteiger partial charge in [-0.25, -0.2) is 9.37 Å². The van der Waals surface area contributed by atoms with Crippen molar-refractivity contribution in [1.82, 2.24) is 9.88 Å². The van der Waals surface area contributed by atoms with Crippen LogP contribution in [-0.2, 0) is 0 Å². The number of Topliss-reactive ketones (excluding diaryl/α,β-unsaturated/α-hetero) is 1. The number of hydrogen-bond donors (Lipinski definition) is 0. The topological polar surface area (TPSA) is 42.4 Å². The number of carbonyl (C=O) groups is 1. The predicted molar refractivity (Wildman–Crippen MR) is 110 cm³/mol. The van der Waals surface area contributed by atoms with Gasteiger partial charge < -0.3 is 9.64 Å². The molecule has 0 saturated carbocycles. The Hall–Kier alpha value is -2.31. The third-order valence-corrected chi connectivity index (χ3v) is 6.22. The van der Waals surface area contributed by atoms with Crippen molar-refractivity contribution < 1.29 is 13.9 Å². The van der Waals surface area contributed by atoms with E-state index in [1.807, 2.05) is 24.3 Å². The molecule has 0 radical (unpaired) electrons. The van der Waals surface area contributed by atoms with Gasteiger partial charge >= 0.3 is 0 Å². The van der Waals surface area contributed by atoms with Crippen LogP contribution in [0, 0.1) is 11.7 Å². The number of benzene rings is 2. The molecule has 2 aromatic carbocycles. The standard InChI is InChI=1S/C22H23FN2O2S/c23-17-6-8-18(9-7-17)27-15-3-12-25-13-10-16(11-14-25)21(26)22-24-19-4-1-2-5-20(19)28-22/h1-2,4-9,16H,3,10-15H2. The molecule has 6 heteroatoms. The van der Waals surface area contributed by atoms with Crippen molar-refractivity contribution in [3.63, 3.8) is 0 Å². The molecule has 0 aliphatic carbocycles. The lowest BCUT2D eigenvalue weighted by molar-refractivity contribution is 0.0835. The number of para-hydroxylation sites is 1. The van der Waals surface area contributed by atoms with E-state index in [4.69, 9.17) is 4.74 Å². The SMILES string of the molecule is O=C(c1nc2ccccc2s1)C1CCN(CCCOc2ccc(F)cc2)CC1. The Kier molecular flexibility index (Phi) is 5.98. The number of hydrogen-bond acceptors (Lipinski definition) is 5. The van der Waals surface area contributed by atoms with Crippen molar-refractivity contribution in [1.29, 1.82) is 0 Å². The van der Waals surface area contributed by atoms with Crippen LogP contribution in [-0.4, -0.2) is 41.9 Å². The summed E-state index contributed by atoms with van der Waals surface area (Å²) in [6.45, 7) is 3.41. The molecular formula is C22H23FN2O2S. The summed E-state index contributed by atoms with van der Waals surface area (Å²) in [5.41, 5.74) is 0.912. The number of ether oxygens (including phenoxy) is 1. The Morgan fingerprint density at radius 3 is 2.64 bits per heavy atom. The smallest absolute Gasteiger partial charge is 0.194 e. The Labute approximate surface area is 168 Å². The fraction of sp³-hybridized carbons (Fsp3) is 0.364. The number of carbonyl (C=O) groups excluding carboxylic acids is 1. The van der Waals surface area contributed by atoms with E-state index in [-0.39, 0.29) is 17.5 Å². The molecule has 28 heavy (non-hydrogen) atoms. The van der Waals surface area contributed by atoms with Crippen LogP contribution < -0.4 is 4.74 Å². The molecule has 1 fully saturated rings. The van der Waals surface area contributed by atoms with E-state index in [1.54, 1.807) is 12.1 Å². The maximum Gasteiger partial charge on any atom is 0.194 e.